The highest BCUT2D eigenvalue weighted by molar-refractivity contribution is 5.95. The number of benzene rings is 2. The molecule has 25 heavy (non-hydrogen) atoms. The number of carbonyl (C=O) groups is 1. The molecule has 1 N–H and O–H groups in total. The first-order chi connectivity index (χ1) is 12.2. The molecule has 5 heteroatoms. The van der Waals surface area contributed by atoms with Crippen LogP contribution in [0.15, 0.2) is 48.5 Å². The highest BCUT2D eigenvalue weighted by Crippen LogP contribution is 2.33. The Balaban J connectivity index is 1.43. The van der Waals surface area contributed by atoms with Crippen LogP contribution < -0.4 is 19.7 Å². The van der Waals surface area contributed by atoms with Gasteiger partial charge < -0.3 is 19.7 Å². The third-order valence-electron chi connectivity index (χ3n) is 4.71. The molecule has 0 saturated carbocycles. The smallest absolute Gasteiger partial charge is 0.269 e. The summed E-state index contributed by atoms with van der Waals surface area (Å²) in [5.41, 5.74) is 1.97. The van der Waals surface area contributed by atoms with Crippen molar-refractivity contribution in [2.45, 2.75) is 32.0 Å². The van der Waals surface area contributed by atoms with Gasteiger partial charge in [0.1, 0.15) is 6.10 Å². The highest BCUT2D eigenvalue weighted by atomic mass is 16.6. The van der Waals surface area contributed by atoms with Gasteiger partial charge >= 0.3 is 0 Å². The van der Waals surface area contributed by atoms with Gasteiger partial charge in [-0.3, -0.25) is 4.79 Å². The minimum absolute atomic E-state index is 0.198. The van der Waals surface area contributed by atoms with E-state index < -0.39 is 6.10 Å². The van der Waals surface area contributed by atoms with E-state index >= 15 is 0 Å². The van der Waals surface area contributed by atoms with Gasteiger partial charge in [0, 0.05) is 24.5 Å². The fourth-order valence-corrected chi connectivity index (χ4v) is 3.35. The number of hydrogen-bond acceptors (Lipinski definition) is 4. The summed E-state index contributed by atoms with van der Waals surface area (Å²) < 4.78 is 11.6. The predicted octanol–water partition coefficient (Wildman–Crippen LogP) is 3.45. The zero-order valence-electron chi connectivity index (χ0n) is 14.3. The van der Waals surface area contributed by atoms with E-state index in [4.69, 9.17) is 9.47 Å². The number of anilines is 2. The van der Waals surface area contributed by atoms with E-state index in [-0.39, 0.29) is 12.0 Å². The molecule has 2 atom stereocenters. The molecule has 2 heterocycles. The van der Waals surface area contributed by atoms with Crippen molar-refractivity contribution in [3.05, 3.63) is 48.5 Å². The Bertz CT molecular complexity index is 754. The molecular formula is C20H22N2O3. The Labute approximate surface area is 147 Å². The topological polar surface area (TPSA) is 50.8 Å². The van der Waals surface area contributed by atoms with Crippen molar-refractivity contribution in [2.24, 2.45) is 0 Å². The van der Waals surface area contributed by atoms with Crippen LogP contribution in [0.1, 0.15) is 19.8 Å². The average molecular weight is 338 g/mol. The third kappa shape index (κ3) is 3.27. The molecule has 4 rings (SSSR count). The first-order valence-corrected chi connectivity index (χ1v) is 8.79. The Kier molecular flexibility index (Phi) is 4.22. The van der Waals surface area contributed by atoms with E-state index in [2.05, 4.69) is 22.3 Å². The summed E-state index contributed by atoms with van der Waals surface area (Å²) in [7, 11) is 0. The minimum Gasteiger partial charge on any atom is -0.482 e. The van der Waals surface area contributed by atoms with Crippen LogP contribution in [0.5, 0.6) is 11.5 Å². The predicted molar refractivity (Wildman–Crippen MR) is 97.5 cm³/mol. The second-order valence-corrected chi connectivity index (χ2v) is 6.54. The van der Waals surface area contributed by atoms with Gasteiger partial charge in [0.05, 0.1) is 0 Å². The van der Waals surface area contributed by atoms with Crippen LogP contribution in [0.4, 0.5) is 11.4 Å². The summed E-state index contributed by atoms with van der Waals surface area (Å²) in [6.07, 6.45) is 1.47. The lowest BCUT2D eigenvalue weighted by atomic mass is 10.1. The summed E-state index contributed by atoms with van der Waals surface area (Å²) >= 11 is 0. The van der Waals surface area contributed by atoms with Gasteiger partial charge in [0.15, 0.2) is 11.5 Å². The summed E-state index contributed by atoms with van der Waals surface area (Å²) in [6, 6.07) is 15.4. The second kappa shape index (κ2) is 6.67. The van der Waals surface area contributed by atoms with E-state index in [1.165, 1.54) is 18.5 Å². The standard InChI is InChI=1S/C20H22N2O3/c1-14-19(25-18-7-3-2-6-17(18)24-14)20(23)21-15-8-10-16(11-9-15)22-12-4-5-13-22/h2-3,6-11,14,19H,4-5,12-13H2,1H3,(H,21,23)/t14-,19-/m1/s1. The normalized spacial score (nSPS) is 21.9. The van der Waals surface area contributed by atoms with Crippen LogP contribution in [0.25, 0.3) is 0 Å². The van der Waals surface area contributed by atoms with E-state index in [9.17, 15) is 4.79 Å². The fourth-order valence-electron chi connectivity index (χ4n) is 3.35. The minimum atomic E-state index is -0.673. The van der Waals surface area contributed by atoms with Crippen molar-refractivity contribution in [1.29, 1.82) is 0 Å². The van der Waals surface area contributed by atoms with E-state index in [1.807, 2.05) is 43.3 Å². The lowest BCUT2D eigenvalue weighted by Gasteiger charge is -2.31. The number of hydrogen-bond donors (Lipinski definition) is 1. The molecule has 2 aliphatic rings. The molecule has 2 aromatic carbocycles. The molecule has 0 aromatic heterocycles. The Morgan fingerprint density at radius 1 is 1.00 bits per heavy atom. The van der Waals surface area contributed by atoms with Crippen molar-refractivity contribution in [3.63, 3.8) is 0 Å². The molecule has 2 aromatic rings. The largest absolute Gasteiger partial charge is 0.482 e. The van der Waals surface area contributed by atoms with E-state index in [1.54, 1.807) is 0 Å². The third-order valence-corrected chi connectivity index (χ3v) is 4.71. The maximum absolute atomic E-state index is 12.6. The first kappa shape index (κ1) is 15.8. The van der Waals surface area contributed by atoms with Crippen molar-refractivity contribution < 1.29 is 14.3 Å². The molecule has 0 aliphatic carbocycles. The van der Waals surface area contributed by atoms with E-state index in [0.717, 1.165) is 18.8 Å². The fraction of sp³-hybridized carbons (Fsp3) is 0.350. The van der Waals surface area contributed by atoms with Gasteiger partial charge in [0.2, 0.25) is 6.10 Å². The molecule has 0 bridgehead atoms. The monoisotopic (exact) mass is 338 g/mol. The zero-order chi connectivity index (χ0) is 17.2. The molecule has 1 amide bonds. The van der Waals surface area contributed by atoms with Gasteiger partial charge in [-0.15, -0.1) is 0 Å². The van der Waals surface area contributed by atoms with Crippen molar-refractivity contribution >= 4 is 17.3 Å². The van der Waals surface area contributed by atoms with E-state index in [0.29, 0.717) is 11.5 Å². The number of ether oxygens (including phenoxy) is 2. The maximum atomic E-state index is 12.6. The number of fused-ring (bicyclic) bond motifs is 1. The quantitative estimate of drug-likeness (QED) is 0.931. The number of carbonyl (C=O) groups excluding carboxylic acids is 1. The van der Waals surface area contributed by atoms with Gasteiger partial charge in [0.25, 0.3) is 5.91 Å². The molecule has 0 spiro atoms. The summed E-state index contributed by atoms with van der Waals surface area (Å²) in [5, 5.41) is 2.93. The zero-order valence-corrected chi connectivity index (χ0v) is 14.3. The summed E-state index contributed by atoms with van der Waals surface area (Å²) in [6.45, 7) is 4.06. The number of rotatable bonds is 3. The molecule has 1 fully saturated rings. The Morgan fingerprint density at radius 3 is 2.32 bits per heavy atom. The number of para-hydroxylation sites is 2. The maximum Gasteiger partial charge on any atom is 0.269 e. The molecule has 5 nitrogen and oxygen atoms in total. The van der Waals surface area contributed by atoms with Crippen LogP contribution >= 0.6 is 0 Å². The number of nitrogens with zero attached hydrogens (tertiary/aromatic N) is 1. The molecule has 1 saturated heterocycles. The van der Waals surface area contributed by atoms with Gasteiger partial charge in [-0.2, -0.15) is 0 Å². The van der Waals surface area contributed by atoms with Crippen molar-refractivity contribution in [3.8, 4) is 11.5 Å². The Morgan fingerprint density at radius 2 is 1.64 bits per heavy atom. The van der Waals surface area contributed by atoms with Crippen LogP contribution in [-0.2, 0) is 4.79 Å². The second-order valence-electron chi connectivity index (χ2n) is 6.54. The van der Waals surface area contributed by atoms with Crippen LogP contribution in [-0.4, -0.2) is 31.2 Å². The van der Waals surface area contributed by atoms with Crippen molar-refractivity contribution in [1.82, 2.24) is 0 Å². The molecular weight excluding hydrogens is 316 g/mol. The van der Waals surface area contributed by atoms with Gasteiger partial charge in [-0.25, -0.2) is 0 Å². The lowest BCUT2D eigenvalue weighted by molar-refractivity contribution is -0.128. The average Bonchev–Trinajstić information content (AvgIpc) is 3.16. The first-order valence-electron chi connectivity index (χ1n) is 8.79. The number of amides is 1. The van der Waals surface area contributed by atoms with Crippen LogP contribution in [0.2, 0.25) is 0 Å². The van der Waals surface area contributed by atoms with Gasteiger partial charge in [-0.1, -0.05) is 12.1 Å². The molecule has 2 aliphatic heterocycles. The SMILES string of the molecule is C[C@H]1Oc2ccccc2O[C@H]1C(=O)Nc1ccc(N2CCCC2)cc1. The van der Waals surface area contributed by atoms with Crippen LogP contribution in [0.3, 0.4) is 0 Å². The molecule has 0 radical (unpaired) electrons. The summed E-state index contributed by atoms with van der Waals surface area (Å²) in [4.78, 5) is 15.0. The van der Waals surface area contributed by atoms with Crippen molar-refractivity contribution in [2.75, 3.05) is 23.3 Å². The molecule has 0 unspecified atom stereocenters. The number of nitrogens with one attached hydrogen (secondary N) is 1. The Hall–Kier alpha value is -2.69. The lowest BCUT2D eigenvalue weighted by Crippen LogP contribution is -2.46. The van der Waals surface area contributed by atoms with Crippen LogP contribution in [0, 0.1) is 0 Å². The summed E-state index contributed by atoms with van der Waals surface area (Å²) in [5.74, 6) is 1.08. The molecule has 130 valence electrons. The van der Waals surface area contributed by atoms with Gasteiger partial charge in [-0.05, 0) is 56.2 Å². The highest BCUT2D eigenvalue weighted by Gasteiger charge is 2.34.